The van der Waals surface area contributed by atoms with Gasteiger partial charge in [-0.2, -0.15) is 0 Å². The number of urea groups is 2. The molecule has 4 aromatic carbocycles. The molecule has 56 heavy (non-hydrogen) atoms. The second kappa shape index (κ2) is 17.5. The number of hydrogen-bond donors (Lipinski definition) is 2. The van der Waals surface area contributed by atoms with Crippen LogP contribution in [-0.4, -0.2) is 69.6 Å². The SMILES string of the molecule is CC(C)(OC(=O)CCCSSCCCC(=O)OCN1C(=O)NC(c2ccccc2)(c2ccccc2)C1=O)N1C(=O)NC(c2ccccc2)(c2ccccc2)C1=O. The minimum Gasteiger partial charge on any atom is -0.444 e. The molecule has 12 nitrogen and oxygen atoms in total. The Morgan fingerprint density at radius 3 is 1.43 bits per heavy atom. The largest absolute Gasteiger partial charge is 0.444 e. The van der Waals surface area contributed by atoms with E-state index in [0.29, 0.717) is 46.6 Å². The number of benzene rings is 4. The predicted octanol–water partition coefficient (Wildman–Crippen LogP) is 6.70. The molecule has 0 unspecified atom stereocenters. The molecule has 0 atom stereocenters. The summed E-state index contributed by atoms with van der Waals surface area (Å²) in [6.07, 6.45) is 1.17. The van der Waals surface area contributed by atoms with Crippen LogP contribution in [-0.2, 0) is 39.7 Å². The molecule has 0 aromatic heterocycles. The number of carbonyl (C=O) groups is 6. The number of rotatable bonds is 17. The highest BCUT2D eigenvalue weighted by Gasteiger charge is 2.58. The summed E-state index contributed by atoms with van der Waals surface area (Å²) in [5, 5.41) is 5.71. The number of nitrogens with one attached hydrogen (secondary N) is 2. The Morgan fingerprint density at radius 2 is 0.982 bits per heavy atom. The Hall–Kier alpha value is -5.60. The molecule has 2 aliphatic rings. The van der Waals surface area contributed by atoms with Gasteiger partial charge in [0.1, 0.15) is 0 Å². The minimum atomic E-state index is -1.56. The maximum absolute atomic E-state index is 14.1. The minimum absolute atomic E-state index is 0.0775. The van der Waals surface area contributed by atoms with E-state index >= 15 is 0 Å². The van der Waals surface area contributed by atoms with Crippen molar-refractivity contribution in [3.05, 3.63) is 144 Å². The number of nitrogens with zero attached hydrogens (tertiary/aromatic N) is 2. The maximum atomic E-state index is 14.1. The first kappa shape index (κ1) is 40.1. The smallest absolute Gasteiger partial charge is 0.328 e. The zero-order valence-corrected chi connectivity index (χ0v) is 32.6. The highest BCUT2D eigenvalue weighted by Crippen LogP contribution is 2.39. The predicted molar refractivity (Wildman–Crippen MR) is 213 cm³/mol. The van der Waals surface area contributed by atoms with Crippen molar-refractivity contribution in [2.75, 3.05) is 18.2 Å². The van der Waals surface area contributed by atoms with E-state index in [1.807, 2.05) is 24.3 Å². The van der Waals surface area contributed by atoms with Crippen molar-refractivity contribution in [2.45, 2.75) is 56.3 Å². The number of amides is 6. The fourth-order valence-corrected chi connectivity index (χ4v) is 9.01. The number of ether oxygens (including phenoxy) is 2. The number of imide groups is 2. The normalized spacial score (nSPS) is 16.0. The van der Waals surface area contributed by atoms with E-state index in [1.165, 1.54) is 35.4 Å². The van der Waals surface area contributed by atoms with Gasteiger partial charge in [-0.3, -0.25) is 19.2 Å². The maximum Gasteiger partial charge on any atom is 0.328 e. The second-order valence-corrected chi connectivity index (χ2v) is 16.3. The summed E-state index contributed by atoms with van der Waals surface area (Å²) in [7, 11) is 3.08. The fourth-order valence-electron chi connectivity index (χ4n) is 6.83. The molecule has 2 fully saturated rings. The van der Waals surface area contributed by atoms with Gasteiger partial charge in [-0.25, -0.2) is 19.4 Å². The average molecular weight is 795 g/mol. The first-order valence-electron chi connectivity index (χ1n) is 18.2. The molecule has 4 aromatic rings. The van der Waals surface area contributed by atoms with Gasteiger partial charge in [0.05, 0.1) is 0 Å². The molecule has 0 radical (unpaired) electrons. The molecule has 2 saturated heterocycles. The van der Waals surface area contributed by atoms with Crippen LogP contribution in [0.3, 0.4) is 0 Å². The zero-order chi connectivity index (χ0) is 39.8. The molecule has 0 aliphatic carbocycles. The lowest BCUT2D eigenvalue weighted by molar-refractivity contribution is -0.174. The van der Waals surface area contributed by atoms with Gasteiger partial charge >= 0.3 is 24.0 Å². The Balaban J connectivity index is 0.910. The number of hydrogen-bond acceptors (Lipinski definition) is 10. The van der Waals surface area contributed by atoms with Gasteiger partial charge in [0.2, 0.25) is 0 Å². The Morgan fingerprint density at radius 1 is 0.589 bits per heavy atom. The van der Waals surface area contributed by atoms with E-state index in [1.54, 1.807) is 97.1 Å². The Kier molecular flexibility index (Phi) is 12.5. The summed E-state index contributed by atoms with van der Waals surface area (Å²) in [6.45, 7) is 2.53. The highest BCUT2D eigenvalue weighted by atomic mass is 33.1. The molecule has 6 amide bonds. The van der Waals surface area contributed by atoms with Gasteiger partial charge in [0, 0.05) is 24.3 Å². The molecule has 0 bridgehead atoms. The molecular formula is C42H42N4O8S2. The van der Waals surface area contributed by atoms with Gasteiger partial charge in [0.25, 0.3) is 11.8 Å². The van der Waals surface area contributed by atoms with E-state index in [9.17, 15) is 28.8 Å². The molecule has 0 saturated carbocycles. The summed E-state index contributed by atoms with van der Waals surface area (Å²) in [6, 6.07) is 34.5. The quantitative estimate of drug-likeness (QED) is 0.0512. The van der Waals surface area contributed by atoms with Gasteiger partial charge in [-0.15, -0.1) is 0 Å². The molecule has 6 rings (SSSR count). The van der Waals surface area contributed by atoms with E-state index in [2.05, 4.69) is 10.6 Å². The summed E-state index contributed by atoms with van der Waals surface area (Å²) >= 11 is 0. The monoisotopic (exact) mass is 794 g/mol. The Labute approximate surface area is 333 Å². The molecule has 2 heterocycles. The molecular weight excluding hydrogens is 753 g/mol. The summed E-state index contributed by atoms with van der Waals surface area (Å²) in [5.74, 6) is -0.908. The summed E-state index contributed by atoms with van der Waals surface area (Å²) in [5.41, 5.74) is -2.11. The van der Waals surface area contributed by atoms with Gasteiger partial charge < -0.3 is 20.1 Å². The van der Waals surface area contributed by atoms with Crippen LogP contribution >= 0.6 is 21.6 Å². The third-order valence-electron chi connectivity index (χ3n) is 9.51. The van der Waals surface area contributed by atoms with E-state index in [-0.39, 0.29) is 12.8 Å². The Bertz CT molecular complexity index is 1970. The van der Waals surface area contributed by atoms with Crippen LogP contribution in [0.2, 0.25) is 0 Å². The van der Waals surface area contributed by atoms with Crippen LogP contribution in [0.5, 0.6) is 0 Å². The van der Waals surface area contributed by atoms with Crippen molar-refractivity contribution < 1.29 is 38.2 Å². The van der Waals surface area contributed by atoms with Crippen molar-refractivity contribution in [1.29, 1.82) is 0 Å². The summed E-state index contributed by atoms with van der Waals surface area (Å²) < 4.78 is 11.1. The average Bonchev–Trinajstić information content (AvgIpc) is 3.64. The van der Waals surface area contributed by atoms with Crippen LogP contribution in [0, 0.1) is 0 Å². The molecule has 14 heteroatoms. The zero-order valence-electron chi connectivity index (χ0n) is 31.0. The number of carbonyl (C=O) groups excluding carboxylic acids is 6. The molecule has 290 valence electrons. The first-order valence-corrected chi connectivity index (χ1v) is 20.6. The van der Waals surface area contributed by atoms with Gasteiger partial charge in [-0.1, -0.05) is 143 Å². The van der Waals surface area contributed by atoms with Crippen molar-refractivity contribution in [3.63, 3.8) is 0 Å². The second-order valence-electron chi connectivity index (χ2n) is 13.6. The third-order valence-corrected chi connectivity index (χ3v) is 12.1. The standard InChI is InChI=1S/C42H42N4O8S2/c1-40(2,46-37(50)42(44-39(46)52,32-21-11-5-12-22-32)33-23-13-6-14-24-33)54-35(48)26-16-28-56-55-27-15-25-34(47)53-29-45-36(49)41(43-38(45)51,30-17-7-3-8-18-30)31-19-9-4-10-20-31/h3-14,17-24H,15-16,25-29H2,1-2H3,(H,43,51)(H,44,52). The van der Waals surface area contributed by atoms with Crippen molar-refractivity contribution in [1.82, 2.24) is 20.4 Å². The first-order chi connectivity index (χ1) is 27.0. The van der Waals surface area contributed by atoms with Crippen LogP contribution in [0.4, 0.5) is 9.59 Å². The van der Waals surface area contributed by atoms with Crippen LogP contribution in [0.15, 0.2) is 121 Å². The van der Waals surface area contributed by atoms with Crippen molar-refractivity contribution in [3.8, 4) is 0 Å². The van der Waals surface area contributed by atoms with E-state index in [0.717, 1.165) is 9.80 Å². The van der Waals surface area contributed by atoms with Crippen LogP contribution < -0.4 is 10.6 Å². The lowest BCUT2D eigenvalue weighted by Crippen LogP contribution is -2.52. The van der Waals surface area contributed by atoms with Crippen LogP contribution in [0.1, 0.15) is 61.8 Å². The lowest BCUT2D eigenvalue weighted by Gasteiger charge is -2.34. The van der Waals surface area contributed by atoms with Gasteiger partial charge in [0.15, 0.2) is 23.5 Å². The van der Waals surface area contributed by atoms with E-state index < -0.39 is 59.3 Å². The molecule has 2 N–H and O–H groups in total. The van der Waals surface area contributed by atoms with E-state index in [4.69, 9.17) is 9.47 Å². The molecule has 2 aliphatic heterocycles. The molecule has 0 spiro atoms. The van der Waals surface area contributed by atoms with Crippen LogP contribution in [0.25, 0.3) is 0 Å². The summed E-state index contributed by atoms with van der Waals surface area (Å²) in [4.78, 5) is 81.6. The number of esters is 2. The third kappa shape index (κ3) is 8.17. The lowest BCUT2D eigenvalue weighted by atomic mass is 9.82. The van der Waals surface area contributed by atoms with Crippen molar-refractivity contribution >= 4 is 57.4 Å². The van der Waals surface area contributed by atoms with Gasteiger partial charge in [-0.05, 0) is 48.9 Å². The topological polar surface area (TPSA) is 151 Å². The fraction of sp³-hybridized carbons (Fsp3) is 0.286. The van der Waals surface area contributed by atoms with Crippen molar-refractivity contribution in [2.24, 2.45) is 0 Å². The highest BCUT2D eigenvalue weighted by molar-refractivity contribution is 8.76.